The summed E-state index contributed by atoms with van der Waals surface area (Å²) in [6, 6.07) is 5.75. The third-order valence-corrected chi connectivity index (χ3v) is 2.42. The standard InChI is InChI=1S/C11H10ClN3/c1-7-2-3-8(9(12)6-7)10-11(13)15-5-4-14-10/h2-6H,1H3,(H2,13,15). The quantitative estimate of drug-likeness (QED) is 0.802. The summed E-state index contributed by atoms with van der Waals surface area (Å²) in [5.74, 6) is 0.392. The lowest BCUT2D eigenvalue weighted by Gasteiger charge is -2.06. The molecular weight excluding hydrogens is 210 g/mol. The Morgan fingerprint density at radius 1 is 1.20 bits per heavy atom. The van der Waals surface area contributed by atoms with Crippen molar-refractivity contribution >= 4 is 17.4 Å². The summed E-state index contributed by atoms with van der Waals surface area (Å²) in [7, 11) is 0. The van der Waals surface area contributed by atoms with E-state index in [9.17, 15) is 0 Å². The van der Waals surface area contributed by atoms with Crippen molar-refractivity contribution in [3.05, 3.63) is 41.2 Å². The first-order valence-electron chi connectivity index (χ1n) is 4.51. The van der Waals surface area contributed by atoms with E-state index in [1.54, 1.807) is 12.4 Å². The molecule has 0 aliphatic rings. The highest BCUT2D eigenvalue weighted by Crippen LogP contribution is 2.29. The Hall–Kier alpha value is -1.61. The molecule has 0 amide bonds. The number of benzene rings is 1. The molecule has 0 spiro atoms. The molecule has 0 fully saturated rings. The van der Waals surface area contributed by atoms with Crippen molar-refractivity contribution in [3.63, 3.8) is 0 Å². The summed E-state index contributed by atoms with van der Waals surface area (Å²) < 4.78 is 0. The van der Waals surface area contributed by atoms with Gasteiger partial charge in [0.15, 0.2) is 0 Å². The molecule has 15 heavy (non-hydrogen) atoms. The summed E-state index contributed by atoms with van der Waals surface area (Å²) in [6.45, 7) is 1.98. The van der Waals surface area contributed by atoms with Gasteiger partial charge in [0.2, 0.25) is 0 Å². The molecule has 0 bridgehead atoms. The Balaban J connectivity index is 2.60. The van der Waals surface area contributed by atoms with Gasteiger partial charge in [-0.25, -0.2) is 4.98 Å². The molecular formula is C11H10ClN3. The van der Waals surface area contributed by atoms with E-state index in [4.69, 9.17) is 17.3 Å². The first-order valence-corrected chi connectivity index (χ1v) is 4.89. The molecule has 0 aliphatic carbocycles. The van der Waals surface area contributed by atoms with Crippen LogP contribution < -0.4 is 5.73 Å². The van der Waals surface area contributed by atoms with E-state index in [1.165, 1.54) is 0 Å². The Labute approximate surface area is 92.9 Å². The average Bonchev–Trinajstić information content (AvgIpc) is 2.20. The summed E-state index contributed by atoms with van der Waals surface area (Å²) in [4.78, 5) is 8.14. The van der Waals surface area contributed by atoms with Crippen LogP contribution in [0.3, 0.4) is 0 Å². The van der Waals surface area contributed by atoms with E-state index in [0.717, 1.165) is 11.1 Å². The van der Waals surface area contributed by atoms with Crippen LogP contribution in [-0.4, -0.2) is 9.97 Å². The van der Waals surface area contributed by atoms with E-state index < -0.39 is 0 Å². The number of aromatic nitrogens is 2. The molecule has 3 nitrogen and oxygen atoms in total. The first kappa shape index (κ1) is 9.93. The van der Waals surface area contributed by atoms with Gasteiger partial charge in [0.05, 0.1) is 5.02 Å². The van der Waals surface area contributed by atoms with Crippen LogP contribution in [0.15, 0.2) is 30.6 Å². The molecule has 2 rings (SSSR count). The van der Waals surface area contributed by atoms with Gasteiger partial charge in [0, 0.05) is 18.0 Å². The van der Waals surface area contributed by atoms with Crippen LogP contribution in [0.1, 0.15) is 5.56 Å². The van der Waals surface area contributed by atoms with Gasteiger partial charge in [-0.15, -0.1) is 0 Å². The van der Waals surface area contributed by atoms with Gasteiger partial charge in [-0.2, -0.15) is 0 Å². The monoisotopic (exact) mass is 219 g/mol. The number of halogens is 1. The fourth-order valence-corrected chi connectivity index (χ4v) is 1.69. The Morgan fingerprint density at radius 2 is 1.93 bits per heavy atom. The number of rotatable bonds is 1. The third-order valence-electron chi connectivity index (χ3n) is 2.11. The maximum absolute atomic E-state index is 6.11. The summed E-state index contributed by atoms with van der Waals surface area (Å²) in [5.41, 5.74) is 8.27. The molecule has 0 aliphatic heterocycles. The van der Waals surface area contributed by atoms with E-state index in [1.807, 2.05) is 25.1 Å². The van der Waals surface area contributed by atoms with Crippen molar-refractivity contribution in [2.45, 2.75) is 6.92 Å². The lowest BCUT2D eigenvalue weighted by atomic mass is 10.1. The van der Waals surface area contributed by atoms with E-state index in [-0.39, 0.29) is 0 Å². The minimum atomic E-state index is 0.392. The molecule has 1 aromatic heterocycles. The highest BCUT2D eigenvalue weighted by molar-refractivity contribution is 6.33. The first-order chi connectivity index (χ1) is 7.18. The zero-order chi connectivity index (χ0) is 10.8. The zero-order valence-corrected chi connectivity index (χ0v) is 8.99. The van der Waals surface area contributed by atoms with Gasteiger partial charge in [-0.1, -0.05) is 23.7 Å². The molecule has 0 radical (unpaired) electrons. The number of aryl methyl sites for hydroxylation is 1. The van der Waals surface area contributed by atoms with Gasteiger partial charge in [0.25, 0.3) is 0 Å². The number of anilines is 1. The van der Waals surface area contributed by atoms with Crippen LogP contribution in [0.4, 0.5) is 5.82 Å². The fourth-order valence-electron chi connectivity index (χ4n) is 1.37. The predicted molar refractivity (Wildman–Crippen MR) is 61.6 cm³/mol. The van der Waals surface area contributed by atoms with Gasteiger partial charge in [-0.05, 0) is 18.6 Å². The van der Waals surface area contributed by atoms with Crippen LogP contribution >= 0.6 is 11.6 Å². The van der Waals surface area contributed by atoms with Crippen molar-refractivity contribution in [1.82, 2.24) is 9.97 Å². The van der Waals surface area contributed by atoms with Gasteiger partial charge in [-0.3, -0.25) is 4.98 Å². The molecule has 0 unspecified atom stereocenters. The van der Waals surface area contributed by atoms with Crippen molar-refractivity contribution < 1.29 is 0 Å². The van der Waals surface area contributed by atoms with Crippen molar-refractivity contribution in [2.75, 3.05) is 5.73 Å². The molecule has 76 valence electrons. The minimum absolute atomic E-state index is 0.392. The fraction of sp³-hybridized carbons (Fsp3) is 0.0909. The average molecular weight is 220 g/mol. The number of nitrogens with zero attached hydrogens (tertiary/aromatic N) is 2. The Kier molecular flexibility index (Phi) is 2.56. The maximum Gasteiger partial charge on any atom is 0.150 e. The molecule has 4 heteroatoms. The molecule has 0 saturated heterocycles. The minimum Gasteiger partial charge on any atom is -0.382 e. The summed E-state index contributed by atoms with van der Waals surface area (Å²) in [5, 5.41) is 0.641. The van der Waals surface area contributed by atoms with Crippen LogP contribution in [0.25, 0.3) is 11.3 Å². The number of hydrogen-bond donors (Lipinski definition) is 1. The second-order valence-electron chi connectivity index (χ2n) is 3.27. The highest BCUT2D eigenvalue weighted by Gasteiger charge is 2.08. The molecule has 1 heterocycles. The van der Waals surface area contributed by atoms with Crippen LogP contribution in [0.2, 0.25) is 5.02 Å². The van der Waals surface area contributed by atoms with E-state index in [2.05, 4.69) is 9.97 Å². The molecule has 0 saturated carbocycles. The van der Waals surface area contributed by atoms with Gasteiger partial charge < -0.3 is 5.73 Å². The largest absolute Gasteiger partial charge is 0.382 e. The lowest BCUT2D eigenvalue weighted by Crippen LogP contribution is -1.96. The predicted octanol–water partition coefficient (Wildman–Crippen LogP) is 2.69. The topological polar surface area (TPSA) is 51.8 Å². The second-order valence-corrected chi connectivity index (χ2v) is 3.68. The van der Waals surface area contributed by atoms with Crippen molar-refractivity contribution in [3.8, 4) is 11.3 Å². The van der Waals surface area contributed by atoms with Gasteiger partial charge in [0.1, 0.15) is 11.5 Å². The second kappa shape index (κ2) is 3.87. The molecule has 0 atom stereocenters. The van der Waals surface area contributed by atoms with Crippen LogP contribution in [0.5, 0.6) is 0 Å². The summed E-state index contributed by atoms with van der Waals surface area (Å²) >= 11 is 6.11. The number of nitrogens with two attached hydrogens (primary N) is 1. The third kappa shape index (κ3) is 1.92. The molecule has 1 aromatic carbocycles. The normalized spacial score (nSPS) is 10.3. The SMILES string of the molecule is Cc1ccc(-c2nccnc2N)c(Cl)c1. The van der Waals surface area contributed by atoms with Gasteiger partial charge >= 0.3 is 0 Å². The lowest BCUT2D eigenvalue weighted by molar-refractivity contribution is 1.21. The highest BCUT2D eigenvalue weighted by atomic mass is 35.5. The van der Waals surface area contributed by atoms with E-state index in [0.29, 0.717) is 16.5 Å². The Bertz CT molecular complexity index is 497. The van der Waals surface area contributed by atoms with Crippen molar-refractivity contribution in [1.29, 1.82) is 0 Å². The Morgan fingerprint density at radius 3 is 2.60 bits per heavy atom. The summed E-state index contributed by atoms with van der Waals surface area (Å²) in [6.07, 6.45) is 3.16. The van der Waals surface area contributed by atoms with E-state index >= 15 is 0 Å². The molecule has 2 aromatic rings. The zero-order valence-electron chi connectivity index (χ0n) is 8.24. The smallest absolute Gasteiger partial charge is 0.150 e. The number of hydrogen-bond acceptors (Lipinski definition) is 3. The van der Waals surface area contributed by atoms with Crippen LogP contribution in [-0.2, 0) is 0 Å². The van der Waals surface area contributed by atoms with Crippen LogP contribution in [0, 0.1) is 6.92 Å². The number of nitrogen functional groups attached to an aromatic ring is 1. The van der Waals surface area contributed by atoms with Crippen molar-refractivity contribution in [2.24, 2.45) is 0 Å². The maximum atomic E-state index is 6.11. The molecule has 2 N–H and O–H groups in total.